The average molecular weight is 552 g/mol. The summed E-state index contributed by atoms with van der Waals surface area (Å²) in [6.45, 7) is 1.99. The lowest BCUT2D eigenvalue weighted by Crippen LogP contribution is -2.43. The summed E-state index contributed by atoms with van der Waals surface area (Å²) in [7, 11) is -15.8. The Morgan fingerprint density at radius 3 is 2.21 bits per heavy atom. The summed E-state index contributed by atoms with van der Waals surface area (Å²) >= 11 is 0. The molecule has 0 spiro atoms. The number of hydrogen-bond acceptors (Lipinski definition) is 11. The maximum Gasteiger partial charge on any atom is 0.490 e. The Bertz CT molecular complexity index is 1090. The molecule has 0 amide bonds. The van der Waals surface area contributed by atoms with Gasteiger partial charge in [0.15, 0.2) is 0 Å². The number of phosphoric acid groups is 3. The topological polar surface area (TPSA) is 222 Å². The fourth-order valence-corrected chi connectivity index (χ4v) is 6.65. The van der Waals surface area contributed by atoms with Crippen molar-refractivity contribution < 1.29 is 67.9 Å². The van der Waals surface area contributed by atoms with Gasteiger partial charge >= 0.3 is 33.9 Å². The Hall–Kier alpha value is -0.635. The molecule has 33 heavy (non-hydrogen) atoms. The van der Waals surface area contributed by atoms with Gasteiger partial charge in [-0.1, -0.05) is 17.7 Å². The number of ether oxygens (including phenoxy) is 1. The molecule has 1 aliphatic heterocycles. The van der Waals surface area contributed by atoms with Gasteiger partial charge in [-0.3, -0.25) is 4.52 Å². The number of hydrogen-bond donors (Lipinski definition) is 4. The third kappa shape index (κ3) is 9.50. The van der Waals surface area contributed by atoms with Crippen molar-refractivity contribution in [1.29, 1.82) is 0 Å². The minimum atomic E-state index is -5.74. The third-order valence-electron chi connectivity index (χ3n) is 3.93. The lowest BCUT2D eigenvalue weighted by atomic mass is 9.93. The van der Waals surface area contributed by atoms with Crippen molar-refractivity contribution in [2.45, 2.75) is 38.0 Å². The summed E-state index contributed by atoms with van der Waals surface area (Å²) in [5, 5.41) is 0. The van der Waals surface area contributed by atoms with Crippen molar-refractivity contribution in [2.75, 3.05) is 6.61 Å². The molecule has 20 heteroatoms. The fraction of sp³-hybridized carbons (Fsp3) is 0.538. The van der Waals surface area contributed by atoms with Crippen LogP contribution in [0.5, 0.6) is 5.75 Å². The Balaban J connectivity index is 2.08. The normalized spacial score (nSPS) is 27.6. The van der Waals surface area contributed by atoms with Crippen LogP contribution in [0, 0.1) is 6.92 Å². The van der Waals surface area contributed by atoms with Crippen molar-refractivity contribution in [3.63, 3.8) is 0 Å². The van der Waals surface area contributed by atoms with Crippen LogP contribution in [0.3, 0.4) is 0 Å². The molecular weight excluding hydrogens is 532 g/mol. The van der Waals surface area contributed by atoms with Crippen LogP contribution in [0.1, 0.15) is 18.9 Å². The SMILES string of the molecule is [B]C1CC(OS(=O)(=O)Oc2ccc(C)cc2)C(C)(COP(=O)(O)OP(=O)(O)OP(=O)(O)O)O1. The van der Waals surface area contributed by atoms with Crippen LogP contribution in [0.25, 0.3) is 0 Å². The van der Waals surface area contributed by atoms with Crippen LogP contribution in [-0.4, -0.2) is 60.2 Å². The fourth-order valence-electron chi connectivity index (χ4n) is 2.58. The largest absolute Gasteiger partial charge is 0.490 e. The molecular formula is C13H20BO15P3S. The van der Waals surface area contributed by atoms with E-state index in [-0.39, 0.29) is 12.2 Å². The van der Waals surface area contributed by atoms with Crippen LogP contribution >= 0.6 is 23.5 Å². The van der Waals surface area contributed by atoms with Crippen molar-refractivity contribution in [1.82, 2.24) is 0 Å². The zero-order chi connectivity index (χ0) is 25.3. The first-order chi connectivity index (χ1) is 14.8. The zero-order valence-corrected chi connectivity index (χ0v) is 20.5. The standard InChI is InChI=1S/C13H20BO15P3S/c1-9-3-5-10(6-4-9)26-33(22,23)27-11-7-12(14)25-13(11,2)8-24-31(18,19)29-32(20,21)28-30(15,16)17/h3-6,11-12H,7-8H2,1-2H3,(H,18,19)(H,20,21)(H2,15,16,17). The summed E-state index contributed by atoms with van der Waals surface area (Å²) in [6, 6.07) is 4.83. The maximum atomic E-state index is 12.3. The van der Waals surface area contributed by atoms with E-state index in [0.29, 0.717) is 0 Å². The zero-order valence-electron chi connectivity index (χ0n) is 17.0. The molecule has 1 aromatic rings. The van der Waals surface area contributed by atoms with Crippen molar-refractivity contribution in [3.05, 3.63) is 29.8 Å². The van der Waals surface area contributed by atoms with Gasteiger partial charge in [-0.25, -0.2) is 17.9 Å². The highest BCUT2D eigenvalue weighted by atomic mass is 32.3. The van der Waals surface area contributed by atoms with E-state index in [9.17, 15) is 31.9 Å². The molecule has 1 heterocycles. The summed E-state index contributed by atoms with van der Waals surface area (Å²) in [4.78, 5) is 35.8. The Morgan fingerprint density at radius 1 is 1.09 bits per heavy atom. The second-order valence-electron chi connectivity index (χ2n) is 6.96. The first-order valence-electron chi connectivity index (χ1n) is 8.71. The third-order valence-corrected chi connectivity index (χ3v) is 8.58. The van der Waals surface area contributed by atoms with Gasteiger partial charge in [0, 0.05) is 6.00 Å². The average Bonchev–Trinajstić information content (AvgIpc) is 2.85. The predicted molar refractivity (Wildman–Crippen MR) is 109 cm³/mol. The van der Waals surface area contributed by atoms with Gasteiger partial charge in [-0.15, -0.1) is 0 Å². The van der Waals surface area contributed by atoms with E-state index in [1.807, 2.05) is 0 Å². The molecule has 0 saturated carbocycles. The number of benzene rings is 1. The summed E-state index contributed by atoms with van der Waals surface area (Å²) < 4.78 is 85.4. The molecule has 2 rings (SSSR count). The van der Waals surface area contributed by atoms with Crippen LogP contribution in [0.15, 0.2) is 24.3 Å². The molecule has 0 aliphatic carbocycles. The minimum Gasteiger partial charge on any atom is -0.377 e. The lowest BCUT2D eigenvalue weighted by Gasteiger charge is -2.30. The van der Waals surface area contributed by atoms with Crippen LogP contribution in [0.2, 0.25) is 0 Å². The molecule has 5 unspecified atom stereocenters. The van der Waals surface area contributed by atoms with Gasteiger partial charge in [0.05, 0.1) is 6.61 Å². The van der Waals surface area contributed by atoms with E-state index in [1.165, 1.54) is 19.1 Å². The van der Waals surface area contributed by atoms with Crippen LogP contribution in [0.4, 0.5) is 0 Å². The number of aryl methyl sites for hydroxylation is 1. The molecule has 4 N–H and O–H groups in total. The highest BCUT2D eigenvalue weighted by Crippen LogP contribution is 2.66. The van der Waals surface area contributed by atoms with E-state index in [2.05, 4.69) is 13.1 Å². The molecule has 186 valence electrons. The maximum absolute atomic E-state index is 12.3. The smallest absolute Gasteiger partial charge is 0.377 e. The van der Waals surface area contributed by atoms with E-state index < -0.39 is 58.2 Å². The molecule has 5 atom stereocenters. The first kappa shape index (κ1) is 28.6. The second-order valence-corrected chi connectivity index (χ2v) is 12.6. The second kappa shape index (κ2) is 10.2. The number of phosphoric ester groups is 1. The van der Waals surface area contributed by atoms with Crippen molar-refractivity contribution >= 4 is 41.7 Å². The molecule has 1 saturated heterocycles. The van der Waals surface area contributed by atoms with Gasteiger partial charge < -0.3 is 28.5 Å². The molecule has 1 aliphatic rings. The van der Waals surface area contributed by atoms with E-state index >= 15 is 0 Å². The molecule has 0 bridgehead atoms. The Morgan fingerprint density at radius 2 is 1.67 bits per heavy atom. The van der Waals surface area contributed by atoms with E-state index in [1.54, 1.807) is 19.1 Å². The molecule has 0 aromatic heterocycles. The first-order valence-corrected chi connectivity index (χ1v) is 14.6. The highest BCUT2D eigenvalue weighted by Gasteiger charge is 2.49. The van der Waals surface area contributed by atoms with Gasteiger partial charge in [0.2, 0.25) is 0 Å². The van der Waals surface area contributed by atoms with Crippen molar-refractivity contribution in [2.24, 2.45) is 0 Å². The van der Waals surface area contributed by atoms with Crippen LogP contribution in [-0.2, 0) is 46.2 Å². The minimum absolute atomic E-state index is 0.0567. The quantitative estimate of drug-likeness (QED) is 0.222. The summed E-state index contributed by atoms with van der Waals surface area (Å²) in [5.41, 5.74) is -0.969. The molecule has 1 aromatic carbocycles. The molecule has 2 radical (unpaired) electrons. The molecule has 15 nitrogen and oxygen atoms in total. The Labute approximate surface area is 190 Å². The van der Waals surface area contributed by atoms with E-state index in [4.69, 9.17) is 30.7 Å². The van der Waals surface area contributed by atoms with Gasteiger partial charge in [0.1, 0.15) is 25.3 Å². The Kier molecular flexibility index (Phi) is 8.80. The highest BCUT2D eigenvalue weighted by molar-refractivity contribution is 7.82. The van der Waals surface area contributed by atoms with Gasteiger partial charge in [-0.05, 0) is 32.4 Å². The monoisotopic (exact) mass is 552 g/mol. The lowest BCUT2D eigenvalue weighted by molar-refractivity contribution is -0.0753. The molecule has 1 fully saturated rings. The van der Waals surface area contributed by atoms with Crippen LogP contribution < -0.4 is 4.18 Å². The summed E-state index contributed by atoms with van der Waals surface area (Å²) in [6.07, 6.45) is -1.64. The van der Waals surface area contributed by atoms with Gasteiger partial charge in [0.25, 0.3) is 0 Å². The van der Waals surface area contributed by atoms with Crippen molar-refractivity contribution in [3.8, 4) is 5.75 Å². The predicted octanol–water partition coefficient (Wildman–Crippen LogP) is 1.02. The summed E-state index contributed by atoms with van der Waals surface area (Å²) in [5.74, 6) is -0.0567. The number of rotatable bonds is 11. The van der Waals surface area contributed by atoms with Gasteiger partial charge in [-0.2, -0.15) is 17.0 Å². The van der Waals surface area contributed by atoms with E-state index in [0.717, 1.165) is 5.56 Å².